The molecular weight excluding hydrogens is 236 g/mol. The Hall–Kier alpha value is -0.810. The van der Waals surface area contributed by atoms with Gasteiger partial charge in [0.15, 0.2) is 5.13 Å². The first-order valence-electron chi connectivity index (χ1n) is 4.44. The Kier molecular flexibility index (Phi) is 4.35. The molecule has 4 nitrogen and oxygen atoms in total. The van der Waals surface area contributed by atoms with Crippen LogP contribution in [0.5, 0.6) is 0 Å². The van der Waals surface area contributed by atoms with Gasteiger partial charge in [-0.3, -0.25) is 4.79 Å². The predicted octanol–water partition coefficient (Wildman–Crippen LogP) is 2.04. The molecule has 1 rings (SSSR count). The molecule has 1 aromatic rings. The molecule has 0 aromatic carbocycles. The van der Waals surface area contributed by atoms with Crippen LogP contribution in [0.3, 0.4) is 0 Å². The summed E-state index contributed by atoms with van der Waals surface area (Å²) in [5, 5.41) is 3.04. The molecule has 0 aliphatic heterocycles. The Morgan fingerprint density at radius 2 is 2.47 bits per heavy atom. The minimum atomic E-state index is -0.218. The number of hydrogen-bond donors (Lipinski definition) is 0. The molecule has 1 aromatic heterocycles. The van der Waals surface area contributed by atoms with Crippen molar-refractivity contribution < 1.29 is 9.53 Å². The highest BCUT2D eigenvalue weighted by atomic mass is 35.5. The average Bonchev–Trinajstić information content (AvgIpc) is 2.63. The zero-order valence-electron chi connectivity index (χ0n) is 8.86. The smallest absolute Gasteiger partial charge is 0.310 e. The van der Waals surface area contributed by atoms with Crippen molar-refractivity contribution in [2.24, 2.45) is 5.92 Å². The van der Waals surface area contributed by atoms with E-state index in [1.165, 1.54) is 18.4 Å². The number of methoxy groups -OCH3 is 1. The first-order chi connectivity index (χ1) is 7.04. The Bertz CT molecular complexity index is 343. The van der Waals surface area contributed by atoms with Crippen LogP contribution >= 0.6 is 22.9 Å². The molecule has 0 bridgehead atoms. The number of esters is 1. The van der Waals surface area contributed by atoms with Gasteiger partial charge in [0.2, 0.25) is 0 Å². The second kappa shape index (κ2) is 5.32. The lowest BCUT2D eigenvalue weighted by Gasteiger charge is -2.18. The molecule has 15 heavy (non-hydrogen) atoms. The summed E-state index contributed by atoms with van der Waals surface area (Å²) < 4.78 is 4.65. The number of ether oxygens (including phenoxy) is 1. The maximum absolute atomic E-state index is 11.2. The summed E-state index contributed by atoms with van der Waals surface area (Å²) in [5.74, 6) is -0.396. The van der Waals surface area contributed by atoms with Gasteiger partial charge >= 0.3 is 5.97 Å². The zero-order chi connectivity index (χ0) is 11.4. The summed E-state index contributed by atoms with van der Waals surface area (Å²) in [5.41, 5.74) is 0. The molecule has 0 aliphatic rings. The second-order valence-corrected chi connectivity index (χ2v) is 4.48. The van der Waals surface area contributed by atoms with Crippen LogP contribution in [-0.4, -0.2) is 31.7 Å². The maximum atomic E-state index is 11.2. The SMILES string of the molecule is COC(=O)C(C)CN(C)c1nc(Cl)cs1. The van der Waals surface area contributed by atoms with Gasteiger partial charge in [0, 0.05) is 19.0 Å². The van der Waals surface area contributed by atoms with Gasteiger partial charge in [0.1, 0.15) is 5.15 Å². The third-order valence-corrected chi connectivity index (χ3v) is 3.22. The zero-order valence-corrected chi connectivity index (χ0v) is 10.4. The average molecular weight is 249 g/mol. The number of rotatable bonds is 4. The molecule has 0 saturated heterocycles. The van der Waals surface area contributed by atoms with Gasteiger partial charge in [-0.1, -0.05) is 18.5 Å². The molecule has 0 N–H and O–H groups in total. The van der Waals surface area contributed by atoms with Crippen molar-refractivity contribution in [1.82, 2.24) is 4.98 Å². The molecule has 6 heteroatoms. The lowest BCUT2D eigenvalue weighted by molar-refractivity contribution is -0.144. The number of hydrogen-bond acceptors (Lipinski definition) is 5. The van der Waals surface area contributed by atoms with E-state index in [0.717, 1.165) is 5.13 Å². The van der Waals surface area contributed by atoms with E-state index in [0.29, 0.717) is 11.7 Å². The summed E-state index contributed by atoms with van der Waals surface area (Å²) in [7, 11) is 3.26. The van der Waals surface area contributed by atoms with Crippen LogP contribution in [-0.2, 0) is 9.53 Å². The van der Waals surface area contributed by atoms with Crippen LogP contribution in [0, 0.1) is 5.92 Å². The normalized spacial score (nSPS) is 12.3. The molecule has 0 saturated carbocycles. The summed E-state index contributed by atoms with van der Waals surface area (Å²) in [6.45, 7) is 2.38. The first-order valence-corrected chi connectivity index (χ1v) is 5.70. The Morgan fingerprint density at radius 1 is 1.80 bits per heavy atom. The van der Waals surface area contributed by atoms with Crippen molar-refractivity contribution in [3.8, 4) is 0 Å². The number of carbonyl (C=O) groups excluding carboxylic acids is 1. The fourth-order valence-electron chi connectivity index (χ4n) is 1.19. The summed E-state index contributed by atoms with van der Waals surface area (Å²) in [4.78, 5) is 17.2. The number of carbonyl (C=O) groups is 1. The van der Waals surface area contributed by atoms with Gasteiger partial charge in [-0.05, 0) is 0 Å². The van der Waals surface area contributed by atoms with Crippen LogP contribution in [0.15, 0.2) is 5.38 Å². The second-order valence-electron chi connectivity index (χ2n) is 3.26. The third kappa shape index (κ3) is 3.35. The summed E-state index contributed by atoms with van der Waals surface area (Å²) >= 11 is 7.16. The number of aromatic nitrogens is 1. The van der Waals surface area contributed by atoms with Crippen molar-refractivity contribution in [2.75, 3.05) is 25.6 Å². The van der Waals surface area contributed by atoms with Gasteiger partial charge in [-0.15, -0.1) is 11.3 Å². The lowest BCUT2D eigenvalue weighted by Crippen LogP contribution is -2.29. The van der Waals surface area contributed by atoms with E-state index in [2.05, 4.69) is 9.72 Å². The quantitative estimate of drug-likeness (QED) is 0.765. The Balaban J connectivity index is 2.55. The van der Waals surface area contributed by atoms with E-state index >= 15 is 0 Å². The number of halogens is 1. The van der Waals surface area contributed by atoms with E-state index in [1.54, 1.807) is 5.38 Å². The largest absolute Gasteiger partial charge is 0.469 e. The molecule has 1 heterocycles. The molecule has 84 valence electrons. The predicted molar refractivity (Wildman–Crippen MR) is 61.6 cm³/mol. The van der Waals surface area contributed by atoms with Gasteiger partial charge < -0.3 is 9.64 Å². The van der Waals surface area contributed by atoms with Crippen LogP contribution in [0.4, 0.5) is 5.13 Å². The first kappa shape index (κ1) is 12.3. The van der Waals surface area contributed by atoms with Gasteiger partial charge in [-0.2, -0.15) is 0 Å². The van der Waals surface area contributed by atoms with Gasteiger partial charge in [-0.25, -0.2) is 4.98 Å². The standard InChI is InChI=1S/C9H13ClN2O2S/c1-6(8(13)14-3)4-12(2)9-11-7(10)5-15-9/h5-6H,4H2,1-3H3. The van der Waals surface area contributed by atoms with E-state index in [1.807, 2.05) is 18.9 Å². The fraction of sp³-hybridized carbons (Fsp3) is 0.556. The third-order valence-electron chi connectivity index (χ3n) is 1.94. The van der Waals surface area contributed by atoms with Crippen LogP contribution in [0.1, 0.15) is 6.92 Å². The summed E-state index contributed by atoms with van der Waals surface area (Å²) in [6.07, 6.45) is 0. The van der Waals surface area contributed by atoms with Crippen molar-refractivity contribution in [1.29, 1.82) is 0 Å². The molecule has 0 spiro atoms. The fourth-order valence-corrected chi connectivity index (χ4v) is 2.11. The number of nitrogens with zero attached hydrogens (tertiary/aromatic N) is 2. The van der Waals surface area contributed by atoms with Crippen molar-refractivity contribution in [2.45, 2.75) is 6.92 Å². The highest BCUT2D eigenvalue weighted by Crippen LogP contribution is 2.22. The highest BCUT2D eigenvalue weighted by molar-refractivity contribution is 7.14. The van der Waals surface area contributed by atoms with Crippen molar-refractivity contribution >= 4 is 34.0 Å². The Morgan fingerprint density at radius 3 is 2.93 bits per heavy atom. The number of anilines is 1. The minimum Gasteiger partial charge on any atom is -0.469 e. The molecule has 0 fully saturated rings. The van der Waals surface area contributed by atoms with E-state index in [4.69, 9.17) is 11.6 Å². The van der Waals surface area contributed by atoms with E-state index < -0.39 is 0 Å². The maximum Gasteiger partial charge on any atom is 0.310 e. The van der Waals surface area contributed by atoms with Crippen LogP contribution in [0.25, 0.3) is 0 Å². The van der Waals surface area contributed by atoms with E-state index in [9.17, 15) is 4.79 Å². The minimum absolute atomic E-state index is 0.178. The molecule has 1 unspecified atom stereocenters. The highest BCUT2D eigenvalue weighted by Gasteiger charge is 2.17. The topological polar surface area (TPSA) is 42.4 Å². The Labute approximate surface area is 97.8 Å². The molecule has 0 amide bonds. The summed E-state index contributed by atoms with van der Waals surface area (Å²) in [6, 6.07) is 0. The lowest BCUT2D eigenvalue weighted by atomic mass is 10.2. The van der Waals surface area contributed by atoms with Crippen LogP contribution in [0.2, 0.25) is 5.15 Å². The monoisotopic (exact) mass is 248 g/mol. The van der Waals surface area contributed by atoms with Crippen molar-refractivity contribution in [3.63, 3.8) is 0 Å². The number of thiazole rings is 1. The van der Waals surface area contributed by atoms with Crippen molar-refractivity contribution in [3.05, 3.63) is 10.5 Å². The molecular formula is C9H13ClN2O2S. The molecule has 1 atom stereocenters. The molecule has 0 aliphatic carbocycles. The van der Waals surface area contributed by atoms with E-state index in [-0.39, 0.29) is 11.9 Å². The van der Waals surface area contributed by atoms with Gasteiger partial charge in [0.05, 0.1) is 13.0 Å². The molecule has 0 radical (unpaired) electrons. The van der Waals surface area contributed by atoms with Crippen LogP contribution < -0.4 is 4.90 Å². The van der Waals surface area contributed by atoms with Gasteiger partial charge in [0.25, 0.3) is 0 Å².